The van der Waals surface area contributed by atoms with Gasteiger partial charge >= 0.3 is 0 Å². The van der Waals surface area contributed by atoms with Gasteiger partial charge in [0.15, 0.2) is 18.0 Å². The van der Waals surface area contributed by atoms with E-state index in [1.54, 1.807) is 0 Å². The molecule has 15 nitrogen and oxygen atoms in total. The zero-order valence-corrected chi connectivity index (χ0v) is 15.9. The maximum absolute atomic E-state index is 11.5. The summed E-state index contributed by atoms with van der Waals surface area (Å²) < 4.78 is 17.9. The van der Waals surface area contributed by atoms with Gasteiger partial charge in [-0.1, -0.05) is 4.98 Å². The van der Waals surface area contributed by atoms with Crippen LogP contribution in [0.4, 0.5) is 5.82 Å². The number of ether oxygens (including phenoxy) is 3. The minimum absolute atomic E-state index is 0.0869. The molecule has 0 bridgehead atoms. The van der Waals surface area contributed by atoms with Crippen molar-refractivity contribution >= 4 is 17.0 Å². The summed E-state index contributed by atoms with van der Waals surface area (Å²) >= 11 is 0. The average Bonchev–Trinajstić information content (AvgIpc) is 3.30. The summed E-state index contributed by atoms with van der Waals surface area (Å²) in [5, 5.41) is 71.2. The molecule has 9 atom stereocenters. The number of hydrogen-bond donors (Lipinski definition) is 7. The lowest BCUT2D eigenvalue weighted by molar-refractivity contribution is -0.592. The Morgan fingerprint density at radius 2 is 1.74 bits per heavy atom. The smallest absolute Gasteiger partial charge is 0.251 e. The Kier molecular flexibility index (Phi) is 5.95. The number of aliphatic hydroxyl groups is 6. The van der Waals surface area contributed by atoms with Crippen LogP contribution in [0, 0.1) is 5.21 Å². The van der Waals surface area contributed by atoms with Gasteiger partial charge in [-0.3, -0.25) is 4.57 Å². The molecule has 2 aliphatic rings. The van der Waals surface area contributed by atoms with Crippen molar-refractivity contribution in [2.24, 2.45) is 0 Å². The predicted molar refractivity (Wildman–Crippen MR) is 96.5 cm³/mol. The molecule has 0 spiro atoms. The Morgan fingerprint density at radius 1 is 1.03 bits per heavy atom. The molecule has 31 heavy (non-hydrogen) atoms. The van der Waals surface area contributed by atoms with Crippen molar-refractivity contribution in [2.75, 3.05) is 18.9 Å². The maximum Gasteiger partial charge on any atom is 0.251 e. The van der Waals surface area contributed by atoms with E-state index < -0.39 is 61.9 Å². The molecule has 2 aromatic rings. The van der Waals surface area contributed by atoms with Crippen LogP contribution in [-0.4, -0.2) is 107 Å². The molecule has 8 N–H and O–H groups in total. The van der Waals surface area contributed by atoms with Gasteiger partial charge in [-0.15, -0.1) is 0 Å². The van der Waals surface area contributed by atoms with Crippen molar-refractivity contribution in [3.63, 3.8) is 0 Å². The highest BCUT2D eigenvalue weighted by Crippen LogP contribution is 2.32. The number of aromatic nitrogens is 4. The zero-order chi connectivity index (χ0) is 22.4. The van der Waals surface area contributed by atoms with Gasteiger partial charge in [-0.2, -0.15) is 0 Å². The summed E-state index contributed by atoms with van der Waals surface area (Å²) in [6, 6.07) is 0. The molecule has 4 rings (SSSR count). The first kappa shape index (κ1) is 22.0. The first-order valence-corrected chi connectivity index (χ1v) is 9.38. The third kappa shape index (κ3) is 3.69. The van der Waals surface area contributed by atoms with Crippen molar-refractivity contribution in [1.82, 2.24) is 14.5 Å². The summed E-state index contributed by atoms with van der Waals surface area (Å²) in [7, 11) is 0. The van der Waals surface area contributed by atoms with Crippen LogP contribution >= 0.6 is 0 Å². The van der Waals surface area contributed by atoms with Gasteiger partial charge in [0.05, 0.1) is 13.2 Å². The fourth-order valence-electron chi connectivity index (χ4n) is 3.61. The minimum Gasteiger partial charge on any atom is -0.740 e. The van der Waals surface area contributed by atoms with Crippen molar-refractivity contribution in [2.45, 2.75) is 55.2 Å². The van der Waals surface area contributed by atoms with Gasteiger partial charge in [0.1, 0.15) is 49.1 Å². The number of nitrogens with two attached hydrogens (primary N) is 1. The largest absolute Gasteiger partial charge is 0.740 e. The van der Waals surface area contributed by atoms with Crippen LogP contribution in [0.25, 0.3) is 11.2 Å². The second-order valence-electron chi connectivity index (χ2n) is 7.36. The second kappa shape index (κ2) is 8.38. The normalized spacial score (nSPS) is 38.7. The number of nitrogens with zero attached hydrogens (tertiary/aromatic N) is 4. The summed E-state index contributed by atoms with van der Waals surface area (Å²) in [4.78, 5) is 7.92. The molecule has 0 aromatic carbocycles. The fraction of sp³-hybridized carbons (Fsp3) is 0.688. The number of anilines is 1. The number of hydrogen-bond acceptors (Lipinski definition) is 13. The van der Waals surface area contributed by atoms with Gasteiger partial charge in [0.25, 0.3) is 5.82 Å². The summed E-state index contributed by atoms with van der Waals surface area (Å²) in [6.07, 6.45) is -10.3. The van der Waals surface area contributed by atoms with Gasteiger partial charge in [0.2, 0.25) is 12.0 Å². The van der Waals surface area contributed by atoms with Crippen LogP contribution in [0.15, 0.2) is 12.7 Å². The van der Waals surface area contributed by atoms with Crippen LogP contribution in [0.2, 0.25) is 0 Å². The van der Waals surface area contributed by atoms with E-state index in [0.29, 0.717) is 4.73 Å². The molecule has 172 valence electrons. The number of fused-ring (bicyclic) bond motifs is 1. The highest BCUT2D eigenvalue weighted by molar-refractivity contribution is 5.79. The predicted octanol–water partition coefficient (Wildman–Crippen LogP) is -4.92. The Balaban J connectivity index is 1.47. The van der Waals surface area contributed by atoms with E-state index in [4.69, 9.17) is 19.9 Å². The number of nitrogen functional groups attached to an aromatic ring is 1. The van der Waals surface area contributed by atoms with Crippen molar-refractivity contribution in [3.8, 4) is 0 Å². The minimum atomic E-state index is -1.62. The number of aliphatic hydroxyl groups excluding tert-OH is 6. The highest BCUT2D eigenvalue weighted by atomic mass is 16.7. The van der Waals surface area contributed by atoms with Crippen LogP contribution in [0.3, 0.4) is 0 Å². The SMILES string of the molecule is Nc1c2ncn([C@@H]3O[C@H](COC4O[C@H](CO)[C@@H](O)[C@H](O)[C@H]4O)[C@@H](O)[C@H]3O)c2nc[n+]1[O-]. The van der Waals surface area contributed by atoms with Crippen molar-refractivity contribution < 1.29 is 49.6 Å². The van der Waals surface area contributed by atoms with Crippen molar-refractivity contribution in [3.05, 3.63) is 17.9 Å². The Hall–Kier alpha value is -2.21. The monoisotopic (exact) mass is 445 g/mol. The molecule has 4 heterocycles. The summed E-state index contributed by atoms with van der Waals surface area (Å²) in [6.45, 7) is -0.998. The van der Waals surface area contributed by atoms with Gasteiger partial charge in [-0.05, 0) is 0 Å². The Bertz CT molecular complexity index is 928. The fourth-order valence-corrected chi connectivity index (χ4v) is 3.61. The molecule has 0 radical (unpaired) electrons. The topological polar surface area (TPSA) is 233 Å². The van der Waals surface area contributed by atoms with Crippen LogP contribution in [-0.2, 0) is 14.2 Å². The van der Waals surface area contributed by atoms with Gasteiger partial charge < -0.3 is 55.8 Å². The molecular weight excluding hydrogens is 422 g/mol. The lowest BCUT2D eigenvalue weighted by atomic mass is 9.99. The van der Waals surface area contributed by atoms with Crippen LogP contribution in [0.1, 0.15) is 6.23 Å². The molecule has 2 aromatic heterocycles. The quantitative estimate of drug-likeness (QED) is 0.169. The molecule has 2 saturated heterocycles. The molecule has 15 heteroatoms. The average molecular weight is 445 g/mol. The van der Waals surface area contributed by atoms with E-state index in [2.05, 4.69) is 9.97 Å². The van der Waals surface area contributed by atoms with E-state index in [0.717, 1.165) is 6.33 Å². The Morgan fingerprint density at radius 3 is 2.45 bits per heavy atom. The molecule has 1 unspecified atom stereocenters. The van der Waals surface area contributed by atoms with E-state index in [-0.39, 0.29) is 23.6 Å². The molecule has 0 aliphatic carbocycles. The van der Waals surface area contributed by atoms with E-state index in [1.807, 2.05) is 0 Å². The van der Waals surface area contributed by atoms with Crippen LogP contribution in [0.5, 0.6) is 0 Å². The molecule has 2 aliphatic heterocycles. The third-order valence-electron chi connectivity index (χ3n) is 5.42. The van der Waals surface area contributed by atoms with E-state index in [9.17, 15) is 35.8 Å². The molecule has 0 amide bonds. The van der Waals surface area contributed by atoms with Crippen LogP contribution < -0.4 is 10.5 Å². The highest BCUT2D eigenvalue weighted by Gasteiger charge is 2.47. The zero-order valence-electron chi connectivity index (χ0n) is 15.9. The third-order valence-corrected chi connectivity index (χ3v) is 5.42. The number of rotatable bonds is 5. The number of imidazole rings is 1. The maximum atomic E-state index is 11.5. The molecule has 2 fully saturated rings. The van der Waals surface area contributed by atoms with E-state index >= 15 is 0 Å². The van der Waals surface area contributed by atoms with Gasteiger partial charge in [0, 0.05) is 0 Å². The summed E-state index contributed by atoms with van der Waals surface area (Å²) in [5.41, 5.74) is 5.91. The van der Waals surface area contributed by atoms with Gasteiger partial charge in [-0.25, -0.2) is 9.71 Å². The lowest BCUT2D eigenvalue weighted by Crippen LogP contribution is -2.59. The summed E-state index contributed by atoms with van der Waals surface area (Å²) in [5.74, 6) is -0.195. The second-order valence-corrected chi connectivity index (χ2v) is 7.36. The van der Waals surface area contributed by atoms with Crippen molar-refractivity contribution in [1.29, 1.82) is 0 Å². The standard InChI is InChI=1S/C16H23N5O10/c17-13-7-14(19-4-21(13)28)20(3-18-7)15-11(26)9(24)6(30-15)2-29-16-12(27)10(25)8(23)5(1-22)31-16/h3-6,8-12,15-16,22-27H,1-2,17H2/t5-,6-,8-,9-,10+,11-,12-,15-,16?/m1/s1. The van der Waals surface area contributed by atoms with E-state index in [1.165, 1.54) is 10.9 Å². The first-order valence-electron chi connectivity index (χ1n) is 9.38. The first-order chi connectivity index (χ1) is 14.7. The lowest BCUT2D eigenvalue weighted by Gasteiger charge is -2.39. The molecular formula is C16H23N5O10. The Labute approximate surface area is 174 Å². The molecule has 0 saturated carbocycles.